The van der Waals surface area contributed by atoms with E-state index < -0.39 is 52.9 Å². The summed E-state index contributed by atoms with van der Waals surface area (Å²) in [5, 5.41) is 12.0. The number of carbonyl (C=O) groups excluding carboxylic acids is 3. The number of amides is 1. The summed E-state index contributed by atoms with van der Waals surface area (Å²) in [6, 6.07) is 6.44. The highest BCUT2D eigenvalue weighted by atomic mass is 16.6. The number of nitrogens with zero attached hydrogens (tertiary/aromatic N) is 1. The number of esters is 2. The van der Waals surface area contributed by atoms with Crippen LogP contribution in [0.3, 0.4) is 0 Å². The number of aliphatic hydroxyl groups excluding tert-OH is 1. The van der Waals surface area contributed by atoms with E-state index in [9.17, 15) is 19.5 Å². The second kappa shape index (κ2) is 10.6. The lowest BCUT2D eigenvalue weighted by molar-refractivity contribution is -0.169. The quantitative estimate of drug-likeness (QED) is 0.310. The molecule has 0 radical (unpaired) electrons. The number of para-hydroxylation sites is 1. The number of hydrogen-bond donors (Lipinski definition) is 2. The molecule has 0 bridgehead atoms. The maximum atomic E-state index is 13.6. The first-order valence-corrected chi connectivity index (χ1v) is 13.1. The minimum Gasteiger partial charge on any atom is -0.459 e. The predicted molar refractivity (Wildman–Crippen MR) is 144 cm³/mol. The molecule has 0 aliphatic carbocycles. The number of nitrogens with one attached hydrogen (secondary N) is 1. The second-order valence-electron chi connectivity index (χ2n) is 12.8. The maximum Gasteiger partial charge on any atom is 0.410 e. The molecule has 0 unspecified atom stereocenters. The van der Waals surface area contributed by atoms with Crippen LogP contribution < -0.4 is 0 Å². The lowest BCUT2D eigenvalue weighted by atomic mass is 9.87. The van der Waals surface area contributed by atoms with Crippen LogP contribution >= 0.6 is 0 Å². The molecule has 1 aromatic heterocycles. The summed E-state index contributed by atoms with van der Waals surface area (Å²) in [6.07, 6.45) is -0.515. The van der Waals surface area contributed by atoms with Crippen molar-refractivity contribution in [3.05, 3.63) is 35.5 Å². The zero-order valence-corrected chi connectivity index (χ0v) is 24.0. The molecule has 1 aliphatic rings. The molecule has 2 heterocycles. The van der Waals surface area contributed by atoms with E-state index in [-0.39, 0.29) is 5.69 Å². The molecule has 2 N–H and O–H groups in total. The molecule has 1 aliphatic heterocycles. The summed E-state index contributed by atoms with van der Waals surface area (Å²) in [7, 11) is 0. The molecule has 210 valence electrons. The molecule has 1 aromatic carbocycles. The van der Waals surface area contributed by atoms with Crippen LogP contribution in [0, 0.1) is 0 Å². The molecule has 3 rings (SSSR count). The van der Waals surface area contributed by atoms with Gasteiger partial charge in [-0.2, -0.15) is 0 Å². The average molecular weight is 531 g/mol. The van der Waals surface area contributed by atoms with Gasteiger partial charge in [-0.1, -0.05) is 18.2 Å². The number of rotatable bonds is 4. The van der Waals surface area contributed by atoms with Gasteiger partial charge >= 0.3 is 18.0 Å². The van der Waals surface area contributed by atoms with Gasteiger partial charge < -0.3 is 24.3 Å². The van der Waals surface area contributed by atoms with Gasteiger partial charge in [-0.15, -0.1) is 0 Å². The van der Waals surface area contributed by atoms with E-state index in [0.29, 0.717) is 35.9 Å². The summed E-state index contributed by atoms with van der Waals surface area (Å²) in [5.41, 5.74) is -1.12. The standard InChI is InChI=1S/C29H42N2O7/c1-27(2,3)36-24(33)21(25(34)37-28(4,5)6)22-20(17-13-10-11-14-18(17)30-22)23-19(32)15-12-16-31(23)26(35)38-29(7,8)9/h10-11,13-14,19,21,23,30,32H,12,15-16H2,1-9H3/t19-,23-/m1/s1. The Kier molecular flexibility index (Phi) is 8.22. The molecule has 1 fully saturated rings. The number of piperidine rings is 1. The van der Waals surface area contributed by atoms with Crippen molar-refractivity contribution in [3.63, 3.8) is 0 Å². The number of benzene rings is 1. The van der Waals surface area contributed by atoms with Crippen LogP contribution in [0.4, 0.5) is 4.79 Å². The Bertz CT molecular complexity index is 1150. The molecule has 2 aromatic rings. The molecule has 2 atom stereocenters. The van der Waals surface area contributed by atoms with Crippen molar-refractivity contribution in [1.82, 2.24) is 9.88 Å². The minimum atomic E-state index is -1.47. The van der Waals surface area contributed by atoms with Gasteiger partial charge in [-0.05, 0) is 81.2 Å². The number of aromatic nitrogens is 1. The second-order valence-corrected chi connectivity index (χ2v) is 12.8. The summed E-state index contributed by atoms with van der Waals surface area (Å²) < 4.78 is 17.0. The Labute approximate surface area is 224 Å². The highest BCUT2D eigenvalue weighted by Crippen LogP contribution is 2.42. The summed E-state index contributed by atoms with van der Waals surface area (Å²) in [6.45, 7) is 16.0. The van der Waals surface area contributed by atoms with Crippen molar-refractivity contribution in [2.45, 2.75) is 110 Å². The van der Waals surface area contributed by atoms with Crippen LogP contribution in [0.25, 0.3) is 10.9 Å². The highest BCUT2D eigenvalue weighted by Gasteiger charge is 2.45. The Morgan fingerprint density at radius 2 is 1.42 bits per heavy atom. The zero-order valence-electron chi connectivity index (χ0n) is 24.0. The van der Waals surface area contributed by atoms with Gasteiger partial charge in [-0.25, -0.2) is 4.79 Å². The predicted octanol–water partition coefficient (Wildman–Crippen LogP) is 5.37. The van der Waals surface area contributed by atoms with Crippen molar-refractivity contribution in [1.29, 1.82) is 0 Å². The molecule has 9 heteroatoms. The van der Waals surface area contributed by atoms with E-state index in [0.717, 1.165) is 0 Å². The van der Waals surface area contributed by atoms with E-state index in [1.807, 2.05) is 24.3 Å². The number of aromatic amines is 1. The molecule has 9 nitrogen and oxygen atoms in total. The smallest absolute Gasteiger partial charge is 0.410 e. The lowest BCUT2D eigenvalue weighted by Gasteiger charge is -2.40. The summed E-state index contributed by atoms with van der Waals surface area (Å²) in [5.74, 6) is -3.03. The Balaban J connectivity index is 2.25. The number of aliphatic hydroxyl groups is 1. The Hall–Kier alpha value is -3.07. The van der Waals surface area contributed by atoms with Gasteiger partial charge in [0.1, 0.15) is 16.8 Å². The molecule has 1 amide bonds. The van der Waals surface area contributed by atoms with Crippen molar-refractivity contribution in [3.8, 4) is 0 Å². The molecule has 0 saturated carbocycles. The topological polar surface area (TPSA) is 118 Å². The lowest BCUT2D eigenvalue weighted by Crippen LogP contribution is -2.47. The fourth-order valence-corrected chi connectivity index (χ4v) is 4.63. The van der Waals surface area contributed by atoms with Gasteiger partial charge in [0.2, 0.25) is 0 Å². The number of ether oxygens (including phenoxy) is 3. The van der Waals surface area contributed by atoms with Gasteiger partial charge in [0.25, 0.3) is 0 Å². The molecule has 38 heavy (non-hydrogen) atoms. The molecule has 0 spiro atoms. The van der Waals surface area contributed by atoms with Gasteiger partial charge in [0.05, 0.1) is 12.1 Å². The van der Waals surface area contributed by atoms with Crippen LogP contribution in [0.15, 0.2) is 24.3 Å². The average Bonchev–Trinajstić information content (AvgIpc) is 3.08. The Morgan fingerprint density at radius 3 is 1.95 bits per heavy atom. The van der Waals surface area contributed by atoms with Crippen molar-refractivity contribution in [2.75, 3.05) is 6.54 Å². The fraction of sp³-hybridized carbons (Fsp3) is 0.621. The number of likely N-dealkylation sites (tertiary alicyclic amines) is 1. The first-order valence-electron chi connectivity index (χ1n) is 13.1. The third kappa shape index (κ3) is 7.07. The summed E-state index contributed by atoms with van der Waals surface area (Å²) in [4.78, 5) is 45.2. The van der Waals surface area contributed by atoms with E-state index in [2.05, 4.69) is 4.98 Å². The van der Waals surface area contributed by atoms with Crippen LogP contribution in [0.1, 0.15) is 98.4 Å². The van der Waals surface area contributed by atoms with Crippen LogP contribution in [0.5, 0.6) is 0 Å². The van der Waals surface area contributed by atoms with Crippen LogP contribution in [0.2, 0.25) is 0 Å². The maximum absolute atomic E-state index is 13.6. The number of H-pyrrole nitrogens is 1. The fourth-order valence-electron chi connectivity index (χ4n) is 4.63. The SMILES string of the molecule is CC(C)(C)OC(=O)C(C(=O)OC(C)(C)C)c1[nH]c2ccccc2c1[C@H]1[C@H](O)CCCN1C(=O)OC(C)(C)C. The number of fused-ring (bicyclic) bond motifs is 1. The van der Waals surface area contributed by atoms with Gasteiger partial charge in [0, 0.05) is 28.7 Å². The minimum absolute atomic E-state index is 0.231. The van der Waals surface area contributed by atoms with Gasteiger partial charge in [-0.3, -0.25) is 14.5 Å². The van der Waals surface area contributed by atoms with Crippen molar-refractivity contribution in [2.24, 2.45) is 0 Å². The monoisotopic (exact) mass is 530 g/mol. The highest BCUT2D eigenvalue weighted by molar-refractivity contribution is 6.03. The third-order valence-corrected chi connectivity index (χ3v) is 5.87. The van der Waals surface area contributed by atoms with Crippen molar-refractivity contribution >= 4 is 28.9 Å². The van der Waals surface area contributed by atoms with Crippen LogP contribution in [-0.4, -0.2) is 62.5 Å². The normalized spacial score (nSPS) is 19.0. The van der Waals surface area contributed by atoms with Gasteiger partial charge in [0.15, 0.2) is 5.92 Å². The van der Waals surface area contributed by atoms with Crippen LogP contribution in [-0.2, 0) is 23.8 Å². The van der Waals surface area contributed by atoms with E-state index >= 15 is 0 Å². The molecular weight excluding hydrogens is 488 g/mol. The van der Waals surface area contributed by atoms with Crippen molar-refractivity contribution < 1.29 is 33.7 Å². The Morgan fingerprint density at radius 1 is 0.895 bits per heavy atom. The van der Waals surface area contributed by atoms with E-state index in [1.165, 1.54) is 4.90 Å². The number of carbonyl (C=O) groups is 3. The van der Waals surface area contributed by atoms with E-state index in [4.69, 9.17) is 14.2 Å². The summed E-state index contributed by atoms with van der Waals surface area (Å²) >= 11 is 0. The van der Waals surface area contributed by atoms with E-state index in [1.54, 1.807) is 62.3 Å². The number of hydrogen-bond acceptors (Lipinski definition) is 7. The molecular formula is C29H42N2O7. The molecule has 1 saturated heterocycles. The first kappa shape index (κ1) is 29.5. The first-order chi connectivity index (χ1) is 17.4. The third-order valence-electron chi connectivity index (χ3n) is 5.87. The zero-order chi connectivity index (χ0) is 28.6. The largest absolute Gasteiger partial charge is 0.459 e.